The van der Waals surface area contributed by atoms with E-state index in [4.69, 9.17) is 0 Å². The molecule has 9 heteroatoms. The van der Waals surface area contributed by atoms with Crippen molar-refractivity contribution in [3.8, 4) is 11.3 Å². The summed E-state index contributed by atoms with van der Waals surface area (Å²) in [5.74, 6) is 0.223. The van der Waals surface area contributed by atoms with E-state index >= 15 is 0 Å². The number of piperidine rings is 1. The highest BCUT2D eigenvalue weighted by molar-refractivity contribution is 5.90. The van der Waals surface area contributed by atoms with Gasteiger partial charge < -0.3 is 10.2 Å². The molecule has 0 saturated carbocycles. The molecule has 0 radical (unpaired) electrons. The van der Waals surface area contributed by atoms with Crippen molar-refractivity contribution in [1.29, 1.82) is 0 Å². The van der Waals surface area contributed by atoms with E-state index in [1.807, 2.05) is 36.4 Å². The summed E-state index contributed by atoms with van der Waals surface area (Å²) in [5, 5.41) is 14.1. The van der Waals surface area contributed by atoms with Gasteiger partial charge in [0.05, 0.1) is 17.4 Å². The first-order chi connectivity index (χ1) is 16.3. The summed E-state index contributed by atoms with van der Waals surface area (Å²) < 4.78 is 15.9. The van der Waals surface area contributed by atoms with Crippen molar-refractivity contribution in [1.82, 2.24) is 24.9 Å². The number of likely N-dealkylation sites (tertiary alicyclic amines) is 1. The van der Waals surface area contributed by atoms with Crippen LogP contribution in [-0.4, -0.2) is 49.8 Å². The van der Waals surface area contributed by atoms with E-state index in [2.05, 4.69) is 20.6 Å². The second-order valence-electron chi connectivity index (χ2n) is 9.15. The second-order valence-corrected chi connectivity index (χ2v) is 9.15. The molecule has 1 fully saturated rings. The summed E-state index contributed by atoms with van der Waals surface area (Å²) in [4.78, 5) is 27.2. The van der Waals surface area contributed by atoms with Crippen LogP contribution in [0.15, 0.2) is 36.4 Å². The van der Waals surface area contributed by atoms with Crippen molar-refractivity contribution in [3.63, 3.8) is 0 Å². The van der Waals surface area contributed by atoms with Gasteiger partial charge in [0.2, 0.25) is 11.8 Å². The Morgan fingerprint density at radius 1 is 1.21 bits per heavy atom. The van der Waals surface area contributed by atoms with Gasteiger partial charge in [-0.25, -0.2) is 4.39 Å². The van der Waals surface area contributed by atoms with E-state index in [0.717, 1.165) is 24.2 Å². The Morgan fingerprint density at radius 2 is 1.94 bits per heavy atom. The van der Waals surface area contributed by atoms with Crippen LogP contribution in [0.25, 0.3) is 11.3 Å². The van der Waals surface area contributed by atoms with Crippen LogP contribution in [0.5, 0.6) is 0 Å². The minimum Gasteiger partial charge on any atom is -0.343 e. The number of amides is 2. The summed E-state index contributed by atoms with van der Waals surface area (Å²) in [6.07, 6.45) is 2.35. The van der Waals surface area contributed by atoms with Gasteiger partial charge in [0.25, 0.3) is 0 Å². The Morgan fingerprint density at radius 3 is 2.62 bits per heavy atom. The lowest BCUT2D eigenvalue weighted by atomic mass is 9.93. The van der Waals surface area contributed by atoms with E-state index in [0.29, 0.717) is 43.0 Å². The number of nitrogens with zero attached hydrogens (tertiary/aromatic N) is 4. The summed E-state index contributed by atoms with van der Waals surface area (Å²) in [6.45, 7) is 7.27. The maximum Gasteiger partial charge on any atom is 0.225 e. The largest absolute Gasteiger partial charge is 0.343 e. The third-order valence-electron chi connectivity index (χ3n) is 6.38. The Kier molecular flexibility index (Phi) is 7.09. The maximum absolute atomic E-state index is 14.0. The molecule has 1 aromatic carbocycles. The van der Waals surface area contributed by atoms with E-state index in [-0.39, 0.29) is 29.6 Å². The van der Waals surface area contributed by atoms with Crippen LogP contribution >= 0.6 is 0 Å². The molecular weight excluding hydrogens is 435 g/mol. The first kappa shape index (κ1) is 23.7. The predicted octanol–water partition coefficient (Wildman–Crippen LogP) is 4.25. The Labute approximate surface area is 198 Å². The summed E-state index contributed by atoms with van der Waals surface area (Å²) in [5.41, 5.74) is 2.92. The molecule has 0 spiro atoms. The minimum atomic E-state index is -0.352. The molecule has 1 unspecified atom stereocenters. The molecule has 2 N–H and O–H groups in total. The highest BCUT2D eigenvalue weighted by Gasteiger charge is 2.26. The fourth-order valence-electron chi connectivity index (χ4n) is 4.61. The van der Waals surface area contributed by atoms with Crippen LogP contribution in [0, 0.1) is 25.6 Å². The highest BCUT2D eigenvalue weighted by atomic mass is 19.1. The van der Waals surface area contributed by atoms with Gasteiger partial charge in [-0.3, -0.25) is 19.4 Å². The first-order valence-electron chi connectivity index (χ1n) is 11.7. The molecule has 4 rings (SSSR count). The second kappa shape index (κ2) is 10.2. The van der Waals surface area contributed by atoms with Gasteiger partial charge in [-0.1, -0.05) is 12.1 Å². The molecular formula is C25H31FN6O2. The molecule has 8 nitrogen and oxygen atoms in total. The van der Waals surface area contributed by atoms with Gasteiger partial charge in [0.15, 0.2) is 5.82 Å². The third-order valence-corrected chi connectivity index (χ3v) is 6.38. The van der Waals surface area contributed by atoms with Gasteiger partial charge >= 0.3 is 0 Å². The number of aryl methyl sites for hydroxylation is 2. The lowest BCUT2D eigenvalue weighted by molar-refractivity contribution is -0.133. The van der Waals surface area contributed by atoms with Crippen molar-refractivity contribution in [2.45, 2.75) is 52.5 Å². The monoisotopic (exact) mass is 466 g/mol. The number of hydrogen-bond acceptors (Lipinski definition) is 4. The molecule has 1 saturated heterocycles. The van der Waals surface area contributed by atoms with Crippen molar-refractivity contribution >= 4 is 17.6 Å². The lowest BCUT2D eigenvalue weighted by Crippen LogP contribution is -2.40. The Balaban J connectivity index is 1.23. The smallest absolute Gasteiger partial charge is 0.225 e. The fraction of sp³-hybridized carbons (Fsp3) is 0.440. The normalized spacial score (nSPS) is 15.4. The van der Waals surface area contributed by atoms with E-state index in [1.165, 1.54) is 6.07 Å². The van der Waals surface area contributed by atoms with Gasteiger partial charge in [-0.15, -0.1) is 0 Å². The molecule has 1 aliphatic heterocycles. The number of nitrogens with one attached hydrogen (secondary N) is 2. The minimum absolute atomic E-state index is 0.00723. The van der Waals surface area contributed by atoms with E-state index < -0.39 is 0 Å². The molecule has 1 aliphatic rings. The predicted molar refractivity (Wildman–Crippen MR) is 128 cm³/mol. The highest BCUT2D eigenvalue weighted by Crippen LogP contribution is 2.25. The van der Waals surface area contributed by atoms with Gasteiger partial charge in [-0.05, 0) is 57.7 Å². The lowest BCUT2D eigenvalue weighted by Gasteiger charge is -2.32. The van der Waals surface area contributed by atoms with E-state index in [1.54, 1.807) is 24.3 Å². The van der Waals surface area contributed by atoms with Gasteiger partial charge in [-0.2, -0.15) is 10.2 Å². The number of halogens is 1. The molecule has 34 heavy (non-hydrogen) atoms. The van der Waals surface area contributed by atoms with Crippen molar-refractivity contribution in [2.75, 3.05) is 18.4 Å². The fourth-order valence-corrected chi connectivity index (χ4v) is 4.61. The third kappa shape index (κ3) is 5.52. The molecule has 0 aliphatic carbocycles. The zero-order chi connectivity index (χ0) is 24.2. The summed E-state index contributed by atoms with van der Waals surface area (Å²) in [7, 11) is 0. The number of hydrogen-bond donors (Lipinski definition) is 2. The number of aromatic amines is 1. The average Bonchev–Trinajstić information content (AvgIpc) is 3.39. The van der Waals surface area contributed by atoms with Crippen LogP contribution in [0.1, 0.15) is 50.0 Å². The molecule has 0 bridgehead atoms. The number of carbonyl (C=O) groups excluding carboxylic acids is 2. The van der Waals surface area contributed by atoms with Crippen molar-refractivity contribution in [3.05, 3.63) is 53.6 Å². The zero-order valence-corrected chi connectivity index (χ0v) is 19.8. The van der Waals surface area contributed by atoms with Crippen LogP contribution in [0.4, 0.5) is 10.2 Å². The number of carbonyl (C=O) groups is 2. The number of rotatable bonds is 7. The van der Waals surface area contributed by atoms with Crippen molar-refractivity contribution < 1.29 is 14.0 Å². The standard InChI is InChI=1S/C25H31FN6O2/c1-16-12-17(2)32(30-16)18(3)13-25(34)31-10-8-19(9-11-31)14-24(33)27-23-15-22(28-29-23)20-6-4-5-7-21(20)26/h4-7,12,15,18-19H,8-11,13-14H2,1-3H3,(H2,27,28,29,33). The topological polar surface area (TPSA) is 95.9 Å². The summed E-state index contributed by atoms with van der Waals surface area (Å²) in [6, 6.07) is 10.1. The number of H-pyrrole nitrogens is 1. The van der Waals surface area contributed by atoms with Crippen LogP contribution in [-0.2, 0) is 9.59 Å². The molecule has 3 aromatic rings. The molecule has 1 atom stereocenters. The first-order valence-corrected chi connectivity index (χ1v) is 11.7. The Hall–Kier alpha value is -3.49. The molecule has 2 aromatic heterocycles. The zero-order valence-electron chi connectivity index (χ0n) is 19.8. The quantitative estimate of drug-likeness (QED) is 0.544. The molecule has 2 amide bonds. The SMILES string of the molecule is Cc1cc(C)n(C(C)CC(=O)N2CCC(CC(=O)Nc3cc(-c4ccccc4F)[nH]n3)CC2)n1. The van der Waals surface area contributed by atoms with Crippen LogP contribution in [0.3, 0.4) is 0 Å². The van der Waals surface area contributed by atoms with Gasteiger partial charge in [0.1, 0.15) is 5.82 Å². The summed E-state index contributed by atoms with van der Waals surface area (Å²) >= 11 is 0. The molecule has 180 valence electrons. The van der Waals surface area contributed by atoms with Gasteiger partial charge in [0, 0.05) is 43.3 Å². The number of benzene rings is 1. The van der Waals surface area contributed by atoms with Crippen LogP contribution in [0.2, 0.25) is 0 Å². The van der Waals surface area contributed by atoms with Crippen LogP contribution < -0.4 is 5.32 Å². The molecule has 3 heterocycles. The number of aromatic nitrogens is 4. The van der Waals surface area contributed by atoms with Crippen molar-refractivity contribution in [2.24, 2.45) is 5.92 Å². The maximum atomic E-state index is 14.0. The van der Waals surface area contributed by atoms with E-state index in [9.17, 15) is 14.0 Å². The number of anilines is 1. The average molecular weight is 467 g/mol. The Bertz CT molecular complexity index is 1160.